The van der Waals surface area contributed by atoms with Crippen LogP contribution in [0.1, 0.15) is 12.6 Å². The van der Waals surface area contributed by atoms with Crippen molar-refractivity contribution in [1.29, 1.82) is 0 Å². The Morgan fingerprint density at radius 2 is 1.64 bits per heavy atom. The molecule has 0 aliphatic heterocycles. The number of benzene rings is 3. The quantitative estimate of drug-likeness (QED) is 0.319. The fourth-order valence-electron chi connectivity index (χ4n) is 3.97. The highest BCUT2D eigenvalue weighted by Gasteiger charge is 2.15. The Hall–Kier alpha value is -3.20. The van der Waals surface area contributed by atoms with E-state index in [0.29, 0.717) is 0 Å². The summed E-state index contributed by atoms with van der Waals surface area (Å²) in [5.41, 5.74) is 2.58. The lowest BCUT2D eigenvalue weighted by molar-refractivity contribution is 1.10. The predicted molar refractivity (Wildman–Crippen MR) is 104 cm³/mol. The van der Waals surface area contributed by atoms with Gasteiger partial charge in [0.05, 0.1) is 5.52 Å². The van der Waals surface area contributed by atoms with Gasteiger partial charge in [0.25, 0.3) is 5.56 Å². The average molecular weight is 324 g/mol. The summed E-state index contributed by atoms with van der Waals surface area (Å²) in [7, 11) is 0. The van der Waals surface area contributed by atoms with Crippen LogP contribution in [0.4, 0.5) is 0 Å². The molecule has 0 spiro atoms. The topological polar surface area (TPSA) is 34.4 Å². The Bertz CT molecular complexity index is 1420. The molecule has 0 saturated heterocycles. The largest absolute Gasteiger partial charge is 0.268 e. The van der Waals surface area contributed by atoms with Crippen LogP contribution in [0.3, 0.4) is 0 Å². The lowest BCUT2D eigenvalue weighted by Gasteiger charge is -2.13. The van der Waals surface area contributed by atoms with Gasteiger partial charge in [0.1, 0.15) is 5.65 Å². The summed E-state index contributed by atoms with van der Waals surface area (Å²) in [4.78, 5) is 18.2. The summed E-state index contributed by atoms with van der Waals surface area (Å²) >= 11 is 0. The van der Waals surface area contributed by atoms with Gasteiger partial charge in [-0.3, -0.25) is 9.20 Å². The van der Waals surface area contributed by atoms with Gasteiger partial charge in [-0.1, -0.05) is 48.5 Å². The molecule has 3 nitrogen and oxygen atoms in total. The van der Waals surface area contributed by atoms with Crippen LogP contribution in [-0.2, 0) is 0 Å². The van der Waals surface area contributed by atoms with Gasteiger partial charge in [-0.2, -0.15) is 0 Å². The lowest BCUT2D eigenvalue weighted by atomic mass is 10.0. The van der Waals surface area contributed by atoms with E-state index in [4.69, 9.17) is 4.98 Å². The minimum Gasteiger partial charge on any atom is -0.268 e. The van der Waals surface area contributed by atoms with Crippen molar-refractivity contribution in [1.82, 2.24) is 9.38 Å². The van der Waals surface area contributed by atoms with E-state index < -0.39 is 0 Å². The van der Waals surface area contributed by atoms with Gasteiger partial charge < -0.3 is 0 Å². The van der Waals surface area contributed by atoms with Gasteiger partial charge in [0.15, 0.2) is 0 Å². The molecule has 3 aromatic carbocycles. The molecule has 25 heavy (non-hydrogen) atoms. The predicted octanol–water partition coefficient (Wildman–Crippen LogP) is 3.98. The molecule has 0 bridgehead atoms. The third kappa shape index (κ3) is 1.75. The number of hydrogen-bond donors (Lipinski definition) is 0. The highest BCUT2D eigenvalue weighted by atomic mass is 16.1. The number of hydrogen-bond acceptors (Lipinski definition) is 2. The van der Waals surface area contributed by atoms with Gasteiger partial charge in [0.2, 0.25) is 0 Å². The van der Waals surface area contributed by atoms with Crippen LogP contribution in [0.25, 0.3) is 44.2 Å². The van der Waals surface area contributed by atoms with Crippen molar-refractivity contribution < 1.29 is 0 Å². The van der Waals surface area contributed by atoms with Crippen LogP contribution in [0.15, 0.2) is 59.4 Å². The molecule has 3 heteroatoms. The van der Waals surface area contributed by atoms with Crippen molar-refractivity contribution >= 4 is 44.2 Å². The van der Waals surface area contributed by atoms with Crippen LogP contribution in [0.5, 0.6) is 0 Å². The molecule has 0 atom stereocenters. The SMILES string of the molecule is CC=c1cccc2c1c(C)nc1c3cccc4cccc(c(=O)n21)c43. The monoisotopic (exact) mass is 324 g/mol. The van der Waals surface area contributed by atoms with Gasteiger partial charge in [0, 0.05) is 27.2 Å². The molecule has 5 rings (SSSR count). The van der Waals surface area contributed by atoms with Crippen molar-refractivity contribution in [2.24, 2.45) is 0 Å². The zero-order valence-electron chi connectivity index (χ0n) is 14.1. The second kappa shape index (κ2) is 4.90. The fourth-order valence-corrected chi connectivity index (χ4v) is 3.97. The molecule has 0 N–H and O–H groups in total. The first-order valence-electron chi connectivity index (χ1n) is 8.42. The summed E-state index contributed by atoms with van der Waals surface area (Å²) in [6, 6.07) is 18.1. The zero-order chi connectivity index (χ0) is 17.1. The normalized spacial score (nSPS) is 12.8. The van der Waals surface area contributed by atoms with E-state index in [-0.39, 0.29) is 5.56 Å². The van der Waals surface area contributed by atoms with Crippen molar-refractivity contribution in [2.75, 3.05) is 0 Å². The number of fused-ring (bicyclic) bond motifs is 4. The number of aryl methyl sites for hydroxylation is 1. The van der Waals surface area contributed by atoms with Crippen LogP contribution in [0.2, 0.25) is 0 Å². The van der Waals surface area contributed by atoms with E-state index in [9.17, 15) is 4.79 Å². The van der Waals surface area contributed by atoms with Crippen molar-refractivity contribution in [3.05, 3.63) is 75.9 Å². The van der Waals surface area contributed by atoms with E-state index >= 15 is 0 Å². The standard InChI is InChI=1S/C22H16N2O/c1-3-14-7-6-12-18-19(14)13(2)23-21-16-10-4-8-15-9-5-11-17(20(15)16)22(25)24(18)21/h3-12H,1-2H3. The molecular weight excluding hydrogens is 308 g/mol. The van der Waals surface area contributed by atoms with E-state index in [1.807, 2.05) is 56.3 Å². The first kappa shape index (κ1) is 14.2. The Labute approximate surface area is 143 Å². The third-order valence-electron chi connectivity index (χ3n) is 5.05. The molecule has 2 aromatic heterocycles. The van der Waals surface area contributed by atoms with Crippen molar-refractivity contribution in [2.45, 2.75) is 13.8 Å². The fraction of sp³-hybridized carbons (Fsp3) is 0.0909. The van der Waals surface area contributed by atoms with Crippen LogP contribution >= 0.6 is 0 Å². The molecule has 0 unspecified atom stereocenters. The average Bonchev–Trinajstić information content (AvgIpc) is 2.65. The molecule has 0 saturated carbocycles. The van der Waals surface area contributed by atoms with E-state index in [1.165, 1.54) is 0 Å². The van der Waals surface area contributed by atoms with Crippen LogP contribution in [0, 0.1) is 6.92 Å². The first-order valence-corrected chi connectivity index (χ1v) is 8.42. The van der Waals surface area contributed by atoms with Crippen molar-refractivity contribution in [3.8, 4) is 0 Å². The Balaban J connectivity index is 2.25. The summed E-state index contributed by atoms with van der Waals surface area (Å²) in [5.74, 6) is 0. The van der Waals surface area contributed by atoms with Crippen LogP contribution in [-0.4, -0.2) is 9.38 Å². The molecule has 0 radical (unpaired) electrons. The molecule has 2 heterocycles. The second-order valence-electron chi connectivity index (χ2n) is 6.40. The summed E-state index contributed by atoms with van der Waals surface area (Å²) in [6.07, 6.45) is 2.06. The van der Waals surface area contributed by atoms with Gasteiger partial charge >= 0.3 is 0 Å². The molecule has 0 aliphatic rings. The third-order valence-corrected chi connectivity index (χ3v) is 5.05. The van der Waals surface area contributed by atoms with Gasteiger partial charge in [-0.05, 0) is 36.6 Å². The smallest absolute Gasteiger partial charge is 0.264 e. The van der Waals surface area contributed by atoms with E-state index in [0.717, 1.165) is 49.0 Å². The summed E-state index contributed by atoms with van der Waals surface area (Å²) in [6.45, 7) is 4.03. The summed E-state index contributed by atoms with van der Waals surface area (Å²) in [5, 5.41) is 5.97. The maximum absolute atomic E-state index is 13.3. The minimum atomic E-state index is -0.00921. The van der Waals surface area contributed by atoms with Crippen LogP contribution < -0.4 is 10.8 Å². The first-order chi connectivity index (χ1) is 12.2. The molecule has 0 fully saturated rings. The van der Waals surface area contributed by atoms with Crippen molar-refractivity contribution in [3.63, 3.8) is 0 Å². The van der Waals surface area contributed by atoms with Gasteiger partial charge in [-0.25, -0.2) is 4.98 Å². The number of nitrogens with zero attached hydrogens (tertiary/aromatic N) is 2. The maximum atomic E-state index is 13.3. The molecule has 0 aliphatic carbocycles. The number of rotatable bonds is 0. The zero-order valence-corrected chi connectivity index (χ0v) is 14.1. The highest BCUT2D eigenvalue weighted by Crippen LogP contribution is 2.28. The number of aromatic nitrogens is 2. The maximum Gasteiger partial charge on any atom is 0.264 e. The molecule has 120 valence electrons. The van der Waals surface area contributed by atoms with E-state index in [2.05, 4.69) is 18.2 Å². The summed E-state index contributed by atoms with van der Waals surface area (Å²) < 4.78 is 1.77. The highest BCUT2D eigenvalue weighted by molar-refractivity contribution is 6.14. The lowest BCUT2D eigenvalue weighted by Crippen LogP contribution is -2.19. The van der Waals surface area contributed by atoms with E-state index in [1.54, 1.807) is 4.40 Å². The Morgan fingerprint density at radius 1 is 0.920 bits per heavy atom. The Morgan fingerprint density at radius 3 is 2.40 bits per heavy atom. The molecule has 0 amide bonds. The molecule has 5 aromatic rings. The number of pyridine rings is 1. The van der Waals surface area contributed by atoms with Gasteiger partial charge in [-0.15, -0.1) is 0 Å². The Kier molecular flexibility index (Phi) is 2.78. The minimum absolute atomic E-state index is 0.00921. The molecular formula is C22H16N2O. The second-order valence-corrected chi connectivity index (χ2v) is 6.40.